The highest BCUT2D eigenvalue weighted by Gasteiger charge is 2.18. The lowest BCUT2D eigenvalue weighted by Crippen LogP contribution is -2.11. The Balaban J connectivity index is 1.49. The van der Waals surface area contributed by atoms with E-state index >= 15 is 0 Å². The van der Waals surface area contributed by atoms with Crippen LogP contribution in [0.2, 0.25) is 0 Å². The van der Waals surface area contributed by atoms with E-state index in [4.69, 9.17) is 14.8 Å². The first kappa shape index (κ1) is 16.6. The molecule has 1 N–H and O–H groups in total. The normalized spacial score (nSPS) is 14.5. The SMILES string of the molecule is Cn1ccc2cc(-c3ccc4oc(N5C=C(C=CC=N)CC5)nc4c3)ccc21. The molecule has 4 aromatic rings. The van der Waals surface area contributed by atoms with Gasteiger partial charge < -0.3 is 19.3 Å². The molecule has 0 unspecified atom stereocenters. The first-order valence-corrected chi connectivity index (χ1v) is 9.32. The molecule has 0 spiro atoms. The van der Waals surface area contributed by atoms with Crippen molar-refractivity contribution >= 4 is 34.2 Å². The molecule has 0 bridgehead atoms. The molecule has 0 fully saturated rings. The van der Waals surface area contributed by atoms with Crippen molar-refractivity contribution in [2.24, 2.45) is 7.05 Å². The molecule has 1 aliphatic heterocycles. The van der Waals surface area contributed by atoms with E-state index in [-0.39, 0.29) is 0 Å². The van der Waals surface area contributed by atoms with Crippen LogP contribution in [0.1, 0.15) is 6.42 Å². The fraction of sp³-hybridized carbons (Fsp3) is 0.130. The number of rotatable bonds is 4. The zero-order valence-corrected chi connectivity index (χ0v) is 15.6. The molecule has 0 aliphatic carbocycles. The van der Waals surface area contributed by atoms with E-state index in [1.165, 1.54) is 28.3 Å². The molecule has 5 heteroatoms. The Morgan fingerprint density at radius 2 is 1.96 bits per heavy atom. The second kappa shape index (κ2) is 6.53. The van der Waals surface area contributed by atoms with Crippen LogP contribution in [-0.2, 0) is 7.05 Å². The third kappa shape index (κ3) is 2.81. The minimum atomic E-state index is 0.615. The molecule has 1 aliphatic rings. The number of aryl methyl sites for hydroxylation is 1. The molecule has 0 atom stereocenters. The van der Waals surface area contributed by atoms with Crippen LogP contribution >= 0.6 is 0 Å². The van der Waals surface area contributed by atoms with E-state index in [2.05, 4.69) is 54.2 Å². The molecule has 2 aromatic heterocycles. The van der Waals surface area contributed by atoms with Crippen molar-refractivity contribution in [2.45, 2.75) is 6.42 Å². The van der Waals surface area contributed by atoms with Crippen molar-refractivity contribution in [3.05, 3.63) is 72.6 Å². The number of oxazole rings is 1. The summed E-state index contributed by atoms with van der Waals surface area (Å²) in [6, 6.07) is 15.4. The summed E-state index contributed by atoms with van der Waals surface area (Å²) in [6.45, 7) is 0.835. The first-order valence-electron chi connectivity index (χ1n) is 9.32. The highest BCUT2D eigenvalue weighted by molar-refractivity contribution is 5.88. The molecule has 0 radical (unpaired) electrons. The molecule has 0 saturated carbocycles. The molecule has 5 rings (SSSR count). The van der Waals surface area contributed by atoms with Crippen molar-refractivity contribution in [1.82, 2.24) is 9.55 Å². The second-order valence-corrected chi connectivity index (χ2v) is 7.05. The average Bonchev–Trinajstić information content (AvgIpc) is 3.43. The highest BCUT2D eigenvalue weighted by Crippen LogP contribution is 2.31. The Kier molecular flexibility index (Phi) is 3.86. The maximum Gasteiger partial charge on any atom is 0.302 e. The largest absolute Gasteiger partial charge is 0.423 e. The topological polar surface area (TPSA) is 58.1 Å². The molecule has 28 heavy (non-hydrogen) atoms. The number of nitrogens with one attached hydrogen (secondary N) is 1. The van der Waals surface area contributed by atoms with Gasteiger partial charge in [-0.25, -0.2) is 0 Å². The van der Waals surface area contributed by atoms with Gasteiger partial charge in [-0.05, 0) is 59.5 Å². The maximum atomic E-state index is 7.11. The zero-order chi connectivity index (χ0) is 19.1. The van der Waals surface area contributed by atoms with E-state index in [9.17, 15) is 0 Å². The van der Waals surface area contributed by atoms with Crippen molar-refractivity contribution in [3.8, 4) is 11.1 Å². The lowest BCUT2D eigenvalue weighted by atomic mass is 10.0. The van der Waals surface area contributed by atoms with Gasteiger partial charge in [-0.1, -0.05) is 18.2 Å². The van der Waals surface area contributed by atoms with Crippen LogP contribution in [0.15, 0.2) is 77.0 Å². The first-order chi connectivity index (χ1) is 13.7. The van der Waals surface area contributed by atoms with Crippen molar-refractivity contribution in [2.75, 3.05) is 11.4 Å². The zero-order valence-electron chi connectivity index (χ0n) is 15.6. The summed E-state index contributed by atoms with van der Waals surface area (Å²) in [5, 5.41) is 8.34. The number of allylic oxidation sites excluding steroid dienone is 2. The van der Waals surface area contributed by atoms with Crippen LogP contribution < -0.4 is 4.90 Å². The number of benzene rings is 2. The Hall–Kier alpha value is -3.60. The van der Waals surface area contributed by atoms with Crippen molar-refractivity contribution < 1.29 is 4.42 Å². The Bertz CT molecular complexity index is 1260. The van der Waals surface area contributed by atoms with Crippen LogP contribution in [0.4, 0.5) is 6.01 Å². The highest BCUT2D eigenvalue weighted by atomic mass is 16.4. The summed E-state index contributed by atoms with van der Waals surface area (Å²) in [6.07, 6.45) is 10.0. The number of nitrogens with zero attached hydrogens (tertiary/aromatic N) is 3. The summed E-state index contributed by atoms with van der Waals surface area (Å²) in [5.41, 5.74) is 6.34. The number of hydrogen-bond acceptors (Lipinski definition) is 4. The van der Waals surface area contributed by atoms with Gasteiger partial charge in [0.15, 0.2) is 5.58 Å². The number of aromatic nitrogens is 2. The number of hydrogen-bond donors (Lipinski definition) is 1. The standard InChI is InChI=1S/C23H20N4O/c1-26-11-9-19-13-17(4-6-21(19)26)18-5-7-22-20(14-18)25-23(28-22)27-12-8-16(15-27)3-2-10-24/h2-7,9-11,13-15,24H,8,12H2,1H3. The van der Waals surface area contributed by atoms with E-state index in [1.54, 1.807) is 6.08 Å². The number of anilines is 1. The summed E-state index contributed by atoms with van der Waals surface area (Å²) < 4.78 is 8.09. The molecular weight excluding hydrogens is 348 g/mol. The van der Waals surface area contributed by atoms with Crippen LogP contribution in [0, 0.1) is 5.41 Å². The van der Waals surface area contributed by atoms with Gasteiger partial charge in [0.25, 0.3) is 0 Å². The molecule has 138 valence electrons. The van der Waals surface area contributed by atoms with Gasteiger partial charge in [0.05, 0.1) is 0 Å². The Morgan fingerprint density at radius 1 is 1.11 bits per heavy atom. The molecular formula is C23H20N4O. The fourth-order valence-electron chi connectivity index (χ4n) is 3.71. The molecule has 0 saturated heterocycles. The van der Waals surface area contributed by atoms with E-state index in [0.29, 0.717) is 6.01 Å². The summed E-state index contributed by atoms with van der Waals surface area (Å²) in [4.78, 5) is 6.73. The van der Waals surface area contributed by atoms with E-state index in [1.807, 2.05) is 23.2 Å². The predicted octanol–water partition coefficient (Wildman–Crippen LogP) is 5.29. The second-order valence-electron chi connectivity index (χ2n) is 7.05. The van der Waals surface area contributed by atoms with Crippen molar-refractivity contribution in [1.29, 1.82) is 5.41 Å². The average molecular weight is 368 g/mol. The van der Waals surface area contributed by atoms with E-state index < -0.39 is 0 Å². The summed E-state index contributed by atoms with van der Waals surface area (Å²) >= 11 is 0. The minimum Gasteiger partial charge on any atom is -0.423 e. The quantitative estimate of drug-likeness (QED) is 0.498. The van der Waals surface area contributed by atoms with Crippen LogP contribution in [-0.4, -0.2) is 22.3 Å². The smallest absolute Gasteiger partial charge is 0.302 e. The molecule has 5 nitrogen and oxygen atoms in total. The van der Waals surface area contributed by atoms with Crippen molar-refractivity contribution in [3.63, 3.8) is 0 Å². The molecule has 0 amide bonds. The predicted molar refractivity (Wildman–Crippen MR) is 114 cm³/mol. The summed E-state index contributed by atoms with van der Waals surface area (Å²) in [5.74, 6) is 0. The minimum absolute atomic E-state index is 0.615. The number of fused-ring (bicyclic) bond motifs is 2. The van der Waals surface area contributed by atoms with Gasteiger partial charge >= 0.3 is 6.01 Å². The van der Waals surface area contributed by atoms with Gasteiger partial charge in [0.1, 0.15) is 5.52 Å². The monoisotopic (exact) mass is 368 g/mol. The fourth-order valence-corrected chi connectivity index (χ4v) is 3.71. The van der Waals surface area contributed by atoms with Gasteiger partial charge in [-0.2, -0.15) is 4.98 Å². The summed E-state index contributed by atoms with van der Waals surface area (Å²) in [7, 11) is 2.06. The van der Waals surface area contributed by atoms with Gasteiger partial charge in [0, 0.05) is 43.1 Å². The lowest BCUT2D eigenvalue weighted by molar-refractivity contribution is 0.595. The van der Waals surface area contributed by atoms with Crippen LogP contribution in [0.25, 0.3) is 33.1 Å². The third-order valence-electron chi connectivity index (χ3n) is 5.21. The lowest BCUT2D eigenvalue weighted by Gasteiger charge is -2.07. The third-order valence-corrected chi connectivity index (χ3v) is 5.21. The van der Waals surface area contributed by atoms with Crippen LogP contribution in [0.3, 0.4) is 0 Å². The van der Waals surface area contributed by atoms with Gasteiger partial charge in [-0.3, -0.25) is 0 Å². The Labute approximate surface area is 162 Å². The molecule has 3 heterocycles. The van der Waals surface area contributed by atoms with Gasteiger partial charge in [0.2, 0.25) is 0 Å². The van der Waals surface area contributed by atoms with E-state index in [0.717, 1.165) is 29.6 Å². The maximum absolute atomic E-state index is 7.11. The van der Waals surface area contributed by atoms with Gasteiger partial charge in [-0.15, -0.1) is 0 Å². The molecule has 2 aromatic carbocycles. The Morgan fingerprint density at radius 3 is 2.86 bits per heavy atom. The van der Waals surface area contributed by atoms with Crippen LogP contribution in [0.5, 0.6) is 0 Å².